The number of benzene rings is 2. The number of Topliss-reactive ketones (excluding diaryl/α,β-unsaturated/α-hetero) is 1. The summed E-state index contributed by atoms with van der Waals surface area (Å²) in [6.45, 7) is -0.300. The molecule has 0 saturated heterocycles. The first-order valence-corrected chi connectivity index (χ1v) is 9.81. The molecule has 2 aromatic carbocycles. The fraction of sp³-hybridized carbons (Fsp3) is 0.250. The SMILES string of the molecule is COC(=O)NC(CSCC(=O)c1ccc(OCc2c(F)cccc2F)cc1)C(=O)O. The molecule has 1 atom stereocenters. The standard InChI is InChI=1S/C20H19F2NO6S/c1-28-20(27)23-17(19(25)26)10-30-11-18(24)12-5-7-13(8-6-12)29-9-14-15(21)3-2-4-16(14)22/h2-8,17H,9-11H2,1H3,(H,23,27)(H,25,26). The lowest BCUT2D eigenvalue weighted by molar-refractivity contribution is -0.138. The number of hydrogen-bond acceptors (Lipinski definition) is 6. The van der Waals surface area contributed by atoms with Crippen molar-refractivity contribution in [1.82, 2.24) is 5.32 Å². The number of hydrogen-bond donors (Lipinski definition) is 2. The number of carbonyl (C=O) groups is 3. The number of carbonyl (C=O) groups excluding carboxylic acids is 2. The monoisotopic (exact) mass is 439 g/mol. The van der Waals surface area contributed by atoms with Crippen LogP contribution in [0.1, 0.15) is 15.9 Å². The molecule has 1 amide bonds. The Bertz CT molecular complexity index is 886. The average Bonchev–Trinajstić information content (AvgIpc) is 2.72. The number of amides is 1. The molecule has 30 heavy (non-hydrogen) atoms. The van der Waals surface area contributed by atoms with E-state index in [4.69, 9.17) is 9.84 Å². The molecule has 7 nitrogen and oxygen atoms in total. The smallest absolute Gasteiger partial charge is 0.407 e. The van der Waals surface area contributed by atoms with Gasteiger partial charge in [-0.2, -0.15) is 11.8 Å². The predicted molar refractivity (Wildman–Crippen MR) is 106 cm³/mol. The zero-order valence-corrected chi connectivity index (χ0v) is 16.7. The highest BCUT2D eigenvalue weighted by atomic mass is 32.2. The summed E-state index contributed by atoms with van der Waals surface area (Å²) in [6.07, 6.45) is -0.875. The molecule has 2 aromatic rings. The molecular weight excluding hydrogens is 420 g/mol. The quantitative estimate of drug-likeness (QED) is 0.548. The minimum atomic E-state index is -1.24. The highest BCUT2D eigenvalue weighted by molar-refractivity contribution is 8.00. The minimum absolute atomic E-state index is 0.00667. The molecule has 2 N–H and O–H groups in total. The summed E-state index contributed by atoms with van der Waals surface area (Å²) in [5.41, 5.74) is 0.169. The van der Waals surface area contributed by atoms with Crippen molar-refractivity contribution in [2.75, 3.05) is 18.6 Å². The lowest BCUT2D eigenvalue weighted by Gasteiger charge is -2.13. The normalized spacial score (nSPS) is 11.4. The van der Waals surface area contributed by atoms with Crippen molar-refractivity contribution < 1.29 is 37.7 Å². The Morgan fingerprint density at radius 1 is 1.10 bits per heavy atom. The molecule has 0 fully saturated rings. The van der Waals surface area contributed by atoms with Gasteiger partial charge in [0.25, 0.3) is 0 Å². The van der Waals surface area contributed by atoms with Crippen LogP contribution >= 0.6 is 11.8 Å². The minimum Gasteiger partial charge on any atom is -0.489 e. The summed E-state index contributed by atoms with van der Waals surface area (Å²) < 4.78 is 36.9. The third-order valence-electron chi connectivity index (χ3n) is 3.91. The van der Waals surface area contributed by atoms with Gasteiger partial charge in [0, 0.05) is 11.3 Å². The Balaban J connectivity index is 1.86. The second-order valence-corrected chi connectivity index (χ2v) is 7.01. The van der Waals surface area contributed by atoms with Gasteiger partial charge in [-0.1, -0.05) is 6.07 Å². The predicted octanol–water partition coefficient (Wildman–Crippen LogP) is 3.27. The molecule has 0 aliphatic heterocycles. The molecule has 0 radical (unpaired) electrons. The Hall–Kier alpha value is -3.14. The first-order valence-electron chi connectivity index (χ1n) is 8.65. The van der Waals surface area contributed by atoms with Crippen LogP contribution < -0.4 is 10.1 Å². The van der Waals surface area contributed by atoms with E-state index in [0.29, 0.717) is 11.3 Å². The maximum atomic E-state index is 13.6. The molecule has 0 bridgehead atoms. The van der Waals surface area contributed by atoms with Gasteiger partial charge in [0.15, 0.2) is 5.78 Å². The lowest BCUT2D eigenvalue weighted by Crippen LogP contribution is -2.42. The Kier molecular flexibility index (Phi) is 8.60. The fourth-order valence-electron chi connectivity index (χ4n) is 2.29. The fourth-order valence-corrected chi connectivity index (χ4v) is 3.22. The van der Waals surface area contributed by atoms with Gasteiger partial charge >= 0.3 is 12.1 Å². The zero-order valence-electron chi connectivity index (χ0n) is 15.9. The number of ether oxygens (including phenoxy) is 2. The van der Waals surface area contributed by atoms with E-state index in [0.717, 1.165) is 31.0 Å². The second-order valence-electron chi connectivity index (χ2n) is 5.98. The van der Waals surface area contributed by atoms with Crippen LogP contribution in [0.25, 0.3) is 0 Å². The highest BCUT2D eigenvalue weighted by Crippen LogP contribution is 2.18. The van der Waals surface area contributed by atoms with Crippen LogP contribution in [0.3, 0.4) is 0 Å². The van der Waals surface area contributed by atoms with E-state index in [2.05, 4.69) is 10.1 Å². The third-order valence-corrected chi connectivity index (χ3v) is 4.95. The average molecular weight is 439 g/mol. The summed E-state index contributed by atoms with van der Waals surface area (Å²) in [4.78, 5) is 34.5. The van der Waals surface area contributed by atoms with E-state index in [9.17, 15) is 23.2 Å². The van der Waals surface area contributed by atoms with Gasteiger partial charge in [-0.25, -0.2) is 18.4 Å². The van der Waals surface area contributed by atoms with Crippen molar-refractivity contribution in [1.29, 1.82) is 0 Å². The Labute approximate surface area is 175 Å². The summed E-state index contributed by atoms with van der Waals surface area (Å²) in [7, 11) is 1.12. The molecule has 1 unspecified atom stereocenters. The van der Waals surface area contributed by atoms with Gasteiger partial charge in [0.05, 0.1) is 18.4 Å². The molecule has 0 saturated carbocycles. The molecular formula is C20H19F2NO6S. The van der Waals surface area contributed by atoms with Crippen molar-refractivity contribution in [3.8, 4) is 5.75 Å². The van der Waals surface area contributed by atoms with Crippen LogP contribution in [0.2, 0.25) is 0 Å². The van der Waals surface area contributed by atoms with Crippen LogP contribution in [0.4, 0.5) is 13.6 Å². The molecule has 0 aliphatic carbocycles. The molecule has 2 rings (SSSR count). The number of halogens is 2. The maximum Gasteiger partial charge on any atom is 0.407 e. The lowest BCUT2D eigenvalue weighted by atomic mass is 10.1. The number of ketones is 1. The molecule has 0 spiro atoms. The van der Waals surface area contributed by atoms with Gasteiger partial charge in [-0.3, -0.25) is 4.79 Å². The summed E-state index contributed by atoms with van der Waals surface area (Å²) in [5.74, 6) is -2.61. The van der Waals surface area contributed by atoms with Crippen molar-refractivity contribution in [2.45, 2.75) is 12.6 Å². The van der Waals surface area contributed by atoms with Crippen molar-refractivity contribution in [3.05, 3.63) is 65.2 Å². The number of methoxy groups -OCH3 is 1. The summed E-state index contributed by atoms with van der Waals surface area (Å²) in [5, 5.41) is 11.2. The van der Waals surface area contributed by atoms with Crippen LogP contribution in [-0.4, -0.2) is 47.6 Å². The molecule has 160 valence electrons. The number of aliphatic carboxylic acids is 1. The van der Waals surface area contributed by atoms with Crippen molar-refractivity contribution in [3.63, 3.8) is 0 Å². The number of nitrogens with one attached hydrogen (secondary N) is 1. The molecule has 0 aliphatic rings. The largest absolute Gasteiger partial charge is 0.489 e. The van der Waals surface area contributed by atoms with E-state index >= 15 is 0 Å². The number of rotatable bonds is 10. The number of carboxylic acid groups (broad SMARTS) is 1. The van der Waals surface area contributed by atoms with Crippen LogP contribution in [0.15, 0.2) is 42.5 Å². The topological polar surface area (TPSA) is 102 Å². The van der Waals surface area contributed by atoms with Crippen LogP contribution in [0.5, 0.6) is 5.75 Å². The highest BCUT2D eigenvalue weighted by Gasteiger charge is 2.21. The van der Waals surface area contributed by atoms with Gasteiger partial charge in [0.1, 0.15) is 30.0 Å². The van der Waals surface area contributed by atoms with Gasteiger partial charge in [0.2, 0.25) is 0 Å². The van der Waals surface area contributed by atoms with E-state index in [1.165, 1.54) is 30.3 Å². The molecule has 0 heterocycles. The van der Waals surface area contributed by atoms with Gasteiger partial charge in [-0.05, 0) is 36.4 Å². The van der Waals surface area contributed by atoms with E-state index in [1.807, 2.05) is 0 Å². The number of alkyl carbamates (subject to hydrolysis) is 1. The molecule has 10 heteroatoms. The van der Waals surface area contributed by atoms with Gasteiger partial charge < -0.3 is 19.9 Å². The number of carboxylic acids is 1. The van der Waals surface area contributed by atoms with E-state index in [1.54, 1.807) is 0 Å². The first kappa shape index (κ1) is 23.1. The maximum absolute atomic E-state index is 13.6. The Morgan fingerprint density at radius 3 is 2.30 bits per heavy atom. The zero-order chi connectivity index (χ0) is 22.1. The summed E-state index contributed by atoms with van der Waals surface area (Å²) in [6, 6.07) is 8.33. The number of thioether (sulfide) groups is 1. The van der Waals surface area contributed by atoms with Crippen LogP contribution in [-0.2, 0) is 16.1 Å². The van der Waals surface area contributed by atoms with Gasteiger partial charge in [-0.15, -0.1) is 0 Å². The van der Waals surface area contributed by atoms with Crippen molar-refractivity contribution >= 4 is 29.6 Å². The van der Waals surface area contributed by atoms with Crippen molar-refractivity contribution in [2.24, 2.45) is 0 Å². The van der Waals surface area contributed by atoms with E-state index < -0.39 is 29.7 Å². The van der Waals surface area contributed by atoms with E-state index in [-0.39, 0.29) is 29.5 Å². The van der Waals surface area contributed by atoms with Crippen LogP contribution in [0, 0.1) is 11.6 Å². The summed E-state index contributed by atoms with van der Waals surface area (Å²) >= 11 is 1.04. The molecule has 0 aromatic heterocycles. The Morgan fingerprint density at radius 2 is 1.73 bits per heavy atom. The second kappa shape index (κ2) is 11.1. The third kappa shape index (κ3) is 6.73. The first-order chi connectivity index (χ1) is 14.3.